The van der Waals surface area contributed by atoms with E-state index >= 15 is 0 Å². The molecule has 0 aliphatic carbocycles. The topological polar surface area (TPSA) is 75.3 Å². The highest BCUT2D eigenvalue weighted by Crippen LogP contribution is 2.04. The molecule has 0 saturated heterocycles. The quantitative estimate of drug-likeness (QED) is 0.345. The predicted octanol–water partition coefficient (Wildman–Crippen LogP) is 1.19. The monoisotopic (exact) mass is 368 g/mol. The summed E-state index contributed by atoms with van der Waals surface area (Å²) in [6.45, 7) is 2.38. The molecule has 18 heavy (non-hydrogen) atoms. The largest absolute Gasteiger partial charge is 0.346 e. The number of Topliss-reactive ketones (excluding diaryl/α,β-unsaturated/α-hetero) is 1. The van der Waals surface area contributed by atoms with Crippen molar-refractivity contribution in [2.24, 2.45) is 0 Å². The number of hydrogen-bond acceptors (Lipinski definition) is 4. The second-order valence-corrected chi connectivity index (χ2v) is 5.39. The van der Waals surface area contributed by atoms with E-state index in [2.05, 4.69) is 10.6 Å². The zero-order valence-electron chi connectivity index (χ0n) is 10.9. The lowest BCUT2D eigenvalue weighted by Crippen LogP contribution is -2.39. The Balaban J connectivity index is 3.99. The van der Waals surface area contributed by atoms with Gasteiger partial charge in [0.1, 0.15) is 0 Å². The standard InChI is InChI=1S/C12H21IN2O3/c1-9(16)10(5-3-4-8-14-2)15-12(18)7-6-11(13)17/h10,14H,3-8H2,1-2H3,(H,15,18). The Hall–Kier alpha value is -0.500. The van der Waals surface area contributed by atoms with E-state index in [4.69, 9.17) is 0 Å². The fourth-order valence-electron chi connectivity index (χ4n) is 1.51. The van der Waals surface area contributed by atoms with Crippen LogP contribution in [0, 0.1) is 0 Å². The summed E-state index contributed by atoms with van der Waals surface area (Å²) in [5, 5.41) is 5.72. The molecule has 0 aliphatic rings. The van der Waals surface area contributed by atoms with Crippen molar-refractivity contribution in [2.75, 3.05) is 13.6 Å². The number of amides is 1. The van der Waals surface area contributed by atoms with Gasteiger partial charge in [0.15, 0.2) is 9.57 Å². The lowest BCUT2D eigenvalue weighted by molar-refractivity contribution is -0.127. The van der Waals surface area contributed by atoms with Gasteiger partial charge in [-0.1, -0.05) is 0 Å². The molecule has 0 aromatic rings. The first kappa shape index (κ1) is 17.5. The Morgan fingerprint density at radius 1 is 1.17 bits per heavy atom. The molecule has 0 radical (unpaired) electrons. The van der Waals surface area contributed by atoms with Crippen molar-refractivity contribution in [3.8, 4) is 0 Å². The second kappa shape index (κ2) is 10.4. The van der Waals surface area contributed by atoms with Crippen LogP contribution in [0.5, 0.6) is 0 Å². The zero-order valence-corrected chi connectivity index (χ0v) is 13.1. The fraction of sp³-hybridized carbons (Fsp3) is 0.750. The molecule has 0 bridgehead atoms. The van der Waals surface area contributed by atoms with Crippen molar-refractivity contribution in [1.82, 2.24) is 10.6 Å². The molecule has 0 aliphatic heterocycles. The van der Waals surface area contributed by atoms with Gasteiger partial charge >= 0.3 is 0 Å². The SMILES string of the molecule is CNCCCCC(NC(=O)CCC(=O)I)C(C)=O. The number of unbranched alkanes of at least 4 members (excludes halogenated alkanes) is 1. The third-order valence-corrected chi connectivity index (χ3v) is 3.08. The summed E-state index contributed by atoms with van der Waals surface area (Å²) in [5.41, 5.74) is 0. The van der Waals surface area contributed by atoms with Crippen LogP contribution >= 0.6 is 22.6 Å². The van der Waals surface area contributed by atoms with Crippen molar-refractivity contribution in [3.05, 3.63) is 0 Å². The van der Waals surface area contributed by atoms with Crippen LogP contribution in [0.3, 0.4) is 0 Å². The van der Waals surface area contributed by atoms with Crippen LogP contribution < -0.4 is 10.6 Å². The van der Waals surface area contributed by atoms with E-state index in [0.29, 0.717) is 6.42 Å². The van der Waals surface area contributed by atoms with Gasteiger partial charge in [-0.05, 0) is 62.4 Å². The van der Waals surface area contributed by atoms with E-state index in [0.717, 1.165) is 19.4 Å². The molecule has 1 atom stereocenters. The Bertz CT molecular complexity index is 295. The van der Waals surface area contributed by atoms with Gasteiger partial charge in [-0.25, -0.2) is 0 Å². The van der Waals surface area contributed by atoms with E-state index in [9.17, 15) is 14.4 Å². The highest BCUT2D eigenvalue weighted by atomic mass is 127. The maximum atomic E-state index is 11.5. The summed E-state index contributed by atoms with van der Waals surface area (Å²) < 4.78 is -0.0452. The molecule has 6 heteroatoms. The van der Waals surface area contributed by atoms with Crippen LogP contribution in [0.4, 0.5) is 0 Å². The molecule has 0 spiro atoms. The average molecular weight is 368 g/mol. The van der Waals surface area contributed by atoms with Gasteiger partial charge in [-0.3, -0.25) is 14.4 Å². The van der Waals surface area contributed by atoms with Crippen LogP contribution in [-0.4, -0.2) is 35.1 Å². The molecule has 104 valence electrons. The van der Waals surface area contributed by atoms with Gasteiger partial charge in [-0.2, -0.15) is 0 Å². The van der Waals surface area contributed by atoms with Gasteiger partial charge in [0.05, 0.1) is 6.04 Å². The normalized spacial score (nSPS) is 11.9. The van der Waals surface area contributed by atoms with Crippen LogP contribution in [0.1, 0.15) is 39.0 Å². The molecule has 2 N–H and O–H groups in total. The zero-order chi connectivity index (χ0) is 14.0. The van der Waals surface area contributed by atoms with Gasteiger partial charge in [0.25, 0.3) is 0 Å². The molecule has 0 rings (SSSR count). The summed E-state index contributed by atoms with van der Waals surface area (Å²) in [4.78, 5) is 33.6. The van der Waals surface area contributed by atoms with E-state index < -0.39 is 6.04 Å². The van der Waals surface area contributed by atoms with Crippen LogP contribution in [-0.2, 0) is 14.4 Å². The summed E-state index contributed by atoms with van der Waals surface area (Å²) in [5.74, 6) is -0.262. The molecule has 0 aromatic carbocycles. The molecular formula is C12H21IN2O3. The van der Waals surface area contributed by atoms with Crippen LogP contribution in [0.15, 0.2) is 0 Å². The third kappa shape index (κ3) is 9.52. The Morgan fingerprint density at radius 2 is 1.83 bits per heavy atom. The minimum absolute atomic E-state index is 0.0337. The minimum Gasteiger partial charge on any atom is -0.346 e. The number of ketones is 1. The summed E-state index contributed by atoms with van der Waals surface area (Å²) >= 11 is 1.66. The molecule has 1 unspecified atom stereocenters. The first-order valence-electron chi connectivity index (χ1n) is 6.10. The number of hydrogen-bond donors (Lipinski definition) is 2. The molecular weight excluding hydrogens is 347 g/mol. The third-order valence-electron chi connectivity index (χ3n) is 2.54. The maximum absolute atomic E-state index is 11.5. The molecule has 0 saturated carbocycles. The molecule has 0 heterocycles. The molecule has 0 aromatic heterocycles. The van der Waals surface area contributed by atoms with Crippen molar-refractivity contribution < 1.29 is 14.4 Å². The van der Waals surface area contributed by atoms with Gasteiger partial charge in [0, 0.05) is 12.8 Å². The summed E-state index contributed by atoms with van der Waals surface area (Å²) in [7, 11) is 1.88. The second-order valence-electron chi connectivity index (χ2n) is 4.19. The van der Waals surface area contributed by atoms with E-state index in [-0.39, 0.29) is 28.3 Å². The Kier molecular flexibility index (Phi) is 10.1. The smallest absolute Gasteiger partial charge is 0.221 e. The highest BCUT2D eigenvalue weighted by Gasteiger charge is 2.16. The molecule has 0 fully saturated rings. The number of carbonyl (C=O) groups is 3. The van der Waals surface area contributed by atoms with Gasteiger partial charge < -0.3 is 10.6 Å². The predicted molar refractivity (Wildman–Crippen MR) is 78.7 cm³/mol. The van der Waals surface area contributed by atoms with Gasteiger partial charge in [-0.15, -0.1) is 0 Å². The summed E-state index contributed by atoms with van der Waals surface area (Å²) in [6.07, 6.45) is 2.89. The maximum Gasteiger partial charge on any atom is 0.221 e. The van der Waals surface area contributed by atoms with Crippen LogP contribution in [0.2, 0.25) is 0 Å². The first-order valence-corrected chi connectivity index (χ1v) is 7.18. The summed E-state index contributed by atoms with van der Waals surface area (Å²) in [6, 6.07) is -0.418. The van der Waals surface area contributed by atoms with E-state index in [1.807, 2.05) is 7.05 Å². The van der Waals surface area contributed by atoms with E-state index in [1.165, 1.54) is 6.92 Å². The molecule has 5 nitrogen and oxygen atoms in total. The van der Waals surface area contributed by atoms with Crippen molar-refractivity contribution >= 4 is 38.1 Å². The van der Waals surface area contributed by atoms with Crippen molar-refractivity contribution in [1.29, 1.82) is 0 Å². The number of rotatable bonds is 10. The fourth-order valence-corrected chi connectivity index (χ4v) is 1.78. The number of carbonyl (C=O) groups excluding carboxylic acids is 3. The highest BCUT2D eigenvalue weighted by molar-refractivity contribution is 14.1. The van der Waals surface area contributed by atoms with Gasteiger partial charge in [0.2, 0.25) is 5.91 Å². The lowest BCUT2D eigenvalue weighted by Gasteiger charge is -2.15. The van der Waals surface area contributed by atoms with Crippen molar-refractivity contribution in [3.63, 3.8) is 0 Å². The lowest BCUT2D eigenvalue weighted by atomic mass is 10.1. The first-order chi connectivity index (χ1) is 8.47. The minimum atomic E-state index is -0.418. The number of halogens is 1. The Labute approximate surface area is 122 Å². The van der Waals surface area contributed by atoms with Crippen molar-refractivity contribution in [2.45, 2.75) is 45.1 Å². The van der Waals surface area contributed by atoms with E-state index in [1.54, 1.807) is 22.6 Å². The number of nitrogens with one attached hydrogen (secondary N) is 2. The van der Waals surface area contributed by atoms with Crippen LogP contribution in [0.25, 0.3) is 0 Å². The average Bonchev–Trinajstić information content (AvgIpc) is 2.30. The molecule has 1 amide bonds. The Morgan fingerprint density at radius 3 is 2.33 bits per heavy atom.